The molecule has 0 amide bonds. The van der Waals surface area contributed by atoms with Gasteiger partial charge < -0.3 is 4.57 Å². The van der Waals surface area contributed by atoms with Crippen LogP contribution in [0.15, 0.2) is 24.8 Å². The minimum absolute atomic E-state index is 0.0519. The Bertz CT molecular complexity index is 1240. The predicted molar refractivity (Wildman–Crippen MR) is 107 cm³/mol. The molecule has 2 aromatic rings. The van der Waals surface area contributed by atoms with Gasteiger partial charge in [0.25, 0.3) is 0 Å². The van der Waals surface area contributed by atoms with Crippen LogP contribution in [0.5, 0.6) is 0 Å². The number of aromatic nitrogens is 3. The zero-order chi connectivity index (χ0) is 20.0. The highest BCUT2D eigenvalue weighted by Crippen LogP contribution is 2.65. The van der Waals surface area contributed by atoms with Crippen molar-refractivity contribution in [1.82, 2.24) is 18.8 Å². The lowest BCUT2D eigenvalue weighted by Gasteiger charge is -2.49. The molecule has 29 heavy (non-hydrogen) atoms. The van der Waals surface area contributed by atoms with Crippen molar-refractivity contribution in [2.45, 2.75) is 43.6 Å². The van der Waals surface area contributed by atoms with E-state index >= 15 is 0 Å². The van der Waals surface area contributed by atoms with Crippen LogP contribution in [0.25, 0.3) is 16.8 Å². The lowest BCUT2D eigenvalue weighted by atomic mass is 9.78. The van der Waals surface area contributed by atoms with E-state index in [-0.39, 0.29) is 17.6 Å². The van der Waals surface area contributed by atoms with Crippen molar-refractivity contribution in [2.75, 3.05) is 18.8 Å². The molecule has 1 spiro atoms. The van der Waals surface area contributed by atoms with E-state index in [2.05, 4.69) is 39.1 Å². The van der Waals surface area contributed by atoms with Gasteiger partial charge in [-0.2, -0.15) is 9.57 Å². The van der Waals surface area contributed by atoms with Crippen LogP contribution in [-0.4, -0.2) is 46.1 Å². The van der Waals surface area contributed by atoms with Crippen LogP contribution in [0.3, 0.4) is 0 Å². The van der Waals surface area contributed by atoms with Crippen LogP contribution in [0, 0.1) is 11.3 Å². The van der Waals surface area contributed by atoms with Crippen LogP contribution < -0.4 is 0 Å². The largest absolute Gasteiger partial charge is 0.344 e. The second-order valence-electron chi connectivity index (χ2n) is 8.67. The minimum atomic E-state index is -3.24. The number of nitriles is 1. The molecule has 3 heterocycles. The summed E-state index contributed by atoms with van der Waals surface area (Å²) in [4.78, 5) is 9.11. The molecule has 4 aliphatic rings. The van der Waals surface area contributed by atoms with Crippen molar-refractivity contribution in [3.8, 4) is 17.3 Å². The summed E-state index contributed by atoms with van der Waals surface area (Å²) in [6.07, 6.45) is 11.6. The molecule has 2 fully saturated rings. The number of sulfonamides is 1. The maximum Gasteiger partial charge on any atom is 0.213 e. The van der Waals surface area contributed by atoms with Crippen molar-refractivity contribution in [3.63, 3.8) is 0 Å². The van der Waals surface area contributed by atoms with Gasteiger partial charge >= 0.3 is 0 Å². The Morgan fingerprint density at radius 2 is 2.03 bits per heavy atom. The van der Waals surface area contributed by atoms with Gasteiger partial charge in [-0.25, -0.2) is 18.4 Å². The summed E-state index contributed by atoms with van der Waals surface area (Å²) in [6, 6.07) is 2.28. The first-order valence-electron chi connectivity index (χ1n) is 10.1. The van der Waals surface area contributed by atoms with Crippen LogP contribution in [0.4, 0.5) is 0 Å². The third-order valence-electron chi connectivity index (χ3n) is 7.21. The number of hydrogen-bond donors (Lipinski definition) is 0. The monoisotopic (exact) mass is 407 g/mol. The summed E-state index contributed by atoms with van der Waals surface area (Å²) in [5.41, 5.74) is 6.59. The molecule has 1 aliphatic heterocycles. The van der Waals surface area contributed by atoms with Gasteiger partial charge in [-0.15, -0.1) is 0 Å². The maximum atomic E-state index is 12.3. The second-order valence-corrected chi connectivity index (χ2v) is 10.9. The zero-order valence-corrected chi connectivity index (χ0v) is 17.0. The average Bonchev–Trinajstić information content (AvgIpc) is 3.14. The number of hydrogen-bond acceptors (Lipinski definition) is 5. The molecule has 0 N–H and O–H groups in total. The maximum absolute atomic E-state index is 12.3. The Morgan fingerprint density at radius 3 is 2.72 bits per heavy atom. The third kappa shape index (κ3) is 2.07. The lowest BCUT2D eigenvalue weighted by molar-refractivity contribution is 0.0850. The van der Waals surface area contributed by atoms with E-state index in [0.29, 0.717) is 13.1 Å². The van der Waals surface area contributed by atoms with Crippen molar-refractivity contribution >= 4 is 15.6 Å². The lowest BCUT2D eigenvalue weighted by Crippen LogP contribution is -2.63. The summed E-state index contributed by atoms with van der Waals surface area (Å²) in [5, 5.41) is 9.48. The van der Waals surface area contributed by atoms with Gasteiger partial charge in [0.05, 0.1) is 35.2 Å². The Kier molecular flexibility index (Phi) is 3.20. The van der Waals surface area contributed by atoms with E-state index < -0.39 is 15.6 Å². The molecule has 1 saturated carbocycles. The summed E-state index contributed by atoms with van der Waals surface area (Å²) < 4.78 is 28.2. The topological polar surface area (TPSA) is 91.9 Å². The van der Waals surface area contributed by atoms with Gasteiger partial charge in [-0.05, 0) is 30.9 Å². The first-order chi connectivity index (χ1) is 13.9. The van der Waals surface area contributed by atoms with E-state index in [1.807, 2.05) is 0 Å². The van der Waals surface area contributed by atoms with Gasteiger partial charge in [0.1, 0.15) is 6.33 Å². The highest BCUT2D eigenvalue weighted by atomic mass is 32.2. The third-order valence-corrected chi connectivity index (χ3v) is 8.99. The minimum Gasteiger partial charge on any atom is -0.344 e. The van der Waals surface area contributed by atoms with Gasteiger partial charge in [-0.1, -0.05) is 6.08 Å². The van der Waals surface area contributed by atoms with Gasteiger partial charge in [0, 0.05) is 48.4 Å². The zero-order valence-electron chi connectivity index (χ0n) is 16.2. The molecule has 148 valence electrons. The molecule has 1 saturated heterocycles. The van der Waals surface area contributed by atoms with Crippen molar-refractivity contribution < 1.29 is 8.42 Å². The van der Waals surface area contributed by atoms with E-state index in [1.54, 1.807) is 13.3 Å². The molecule has 8 heteroatoms. The number of rotatable bonds is 4. The number of fused-ring (bicyclic) bond motifs is 4. The number of allylic oxidation sites excluding steroid dienone is 2. The molecule has 0 atom stereocenters. The van der Waals surface area contributed by atoms with E-state index in [9.17, 15) is 13.7 Å². The molecule has 0 bridgehead atoms. The molecule has 6 rings (SSSR count). The Hall–Kier alpha value is -2.50. The van der Waals surface area contributed by atoms with Crippen LogP contribution in [-0.2, 0) is 27.4 Å². The van der Waals surface area contributed by atoms with Gasteiger partial charge in [0.2, 0.25) is 10.0 Å². The SMILES string of the molecule is CCS(=O)(=O)N1CC(CC#N)(n2cc3c(c2)C2(CC2)C2=CCc4ncnc-3c42)C1. The first-order valence-corrected chi connectivity index (χ1v) is 11.7. The summed E-state index contributed by atoms with van der Waals surface area (Å²) in [7, 11) is -3.24. The van der Waals surface area contributed by atoms with Crippen molar-refractivity contribution in [3.05, 3.63) is 41.6 Å². The quantitative estimate of drug-likeness (QED) is 0.775. The van der Waals surface area contributed by atoms with Gasteiger partial charge in [-0.3, -0.25) is 0 Å². The summed E-state index contributed by atoms with van der Waals surface area (Å²) in [5.74, 6) is 0.0855. The van der Waals surface area contributed by atoms with E-state index in [0.717, 1.165) is 36.2 Å². The fourth-order valence-corrected chi connectivity index (χ4v) is 6.65. The fourth-order valence-electron chi connectivity index (χ4n) is 5.41. The normalized spacial score (nSPS) is 22.4. The van der Waals surface area contributed by atoms with Crippen LogP contribution >= 0.6 is 0 Å². The highest BCUT2D eigenvalue weighted by molar-refractivity contribution is 7.89. The molecule has 7 nitrogen and oxygen atoms in total. The predicted octanol–water partition coefficient (Wildman–Crippen LogP) is 2.20. The second kappa shape index (κ2) is 5.35. The molecule has 0 unspecified atom stereocenters. The van der Waals surface area contributed by atoms with E-state index in [4.69, 9.17) is 0 Å². The number of nitrogens with zero attached hydrogens (tertiary/aromatic N) is 5. The summed E-state index contributed by atoms with van der Waals surface area (Å²) in [6.45, 7) is 2.36. The fraction of sp³-hybridized carbons (Fsp3) is 0.476. The van der Waals surface area contributed by atoms with Crippen molar-refractivity contribution in [2.24, 2.45) is 0 Å². The Labute approximate surface area is 169 Å². The smallest absolute Gasteiger partial charge is 0.213 e. The Morgan fingerprint density at radius 1 is 1.24 bits per heavy atom. The first kappa shape index (κ1) is 17.4. The molecular formula is C21H21N5O2S. The van der Waals surface area contributed by atoms with Crippen LogP contribution in [0.1, 0.15) is 43.0 Å². The molecule has 0 radical (unpaired) electrons. The Balaban J connectivity index is 1.48. The van der Waals surface area contributed by atoms with Gasteiger partial charge in [0.15, 0.2) is 0 Å². The molecule has 3 aliphatic carbocycles. The summed E-state index contributed by atoms with van der Waals surface area (Å²) >= 11 is 0. The van der Waals surface area contributed by atoms with E-state index in [1.165, 1.54) is 21.0 Å². The van der Waals surface area contributed by atoms with Crippen molar-refractivity contribution in [1.29, 1.82) is 5.26 Å². The molecular weight excluding hydrogens is 386 g/mol. The van der Waals surface area contributed by atoms with Crippen LogP contribution in [0.2, 0.25) is 0 Å². The molecule has 2 aromatic heterocycles. The highest BCUT2D eigenvalue weighted by Gasteiger charge is 2.56. The standard InChI is InChI=1S/C21H21N5O2S/c1-2-29(27,28)26-11-20(12-26,7-8-22)25-9-14-16(10-25)21(5-6-21)15-3-4-17-18(15)19(14)24-13-23-17/h3,9-10,13H,2,4-7,11-12H2,1H3. The average molecular weight is 407 g/mol. The molecule has 0 aromatic carbocycles.